The third kappa shape index (κ3) is 3.06. The van der Waals surface area contributed by atoms with Crippen molar-refractivity contribution in [3.8, 4) is 0 Å². The van der Waals surface area contributed by atoms with Crippen LogP contribution in [0.1, 0.15) is 33.6 Å². The Morgan fingerprint density at radius 1 is 1.17 bits per heavy atom. The summed E-state index contributed by atoms with van der Waals surface area (Å²) < 4.78 is 23.0. The predicted molar refractivity (Wildman–Crippen MR) is 74.6 cm³/mol. The fraction of sp³-hybridized carbons (Fsp3) is 1.00. The smallest absolute Gasteiger partial charge is 0.151 e. The summed E-state index contributed by atoms with van der Waals surface area (Å²) in [4.78, 5) is 4.92. The van der Waals surface area contributed by atoms with Gasteiger partial charge in [0, 0.05) is 37.8 Å². The highest BCUT2D eigenvalue weighted by molar-refractivity contribution is 7.91. The minimum absolute atomic E-state index is 0.272. The maximum absolute atomic E-state index is 11.5. The topological polar surface area (TPSA) is 40.6 Å². The Morgan fingerprint density at radius 2 is 1.78 bits per heavy atom. The fourth-order valence-electron chi connectivity index (χ4n) is 2.98. The third-order valence-electron chi connectivity index (χ3n) is 4.76. The molecule has 2 fully saturated rings. The molecule has 2 aliphatic heterocycles. The molecule has 0 bridgehead atoms. The zero-order valence-electron chi connectivity index (χ0n) is 11.9. The lowest BCUT2D eigenvalue weighted by atomic mass is 9.98. The average molecular weight is 274 g/mol. The lowest BCUT2D eigenvalue weighted by molar-refractivity contribution is 0.0365. The Bertz CT molecular complexity index is 384. The zero-order valence-corrected chi connectivity index (χ0v) is 12.7. The molecule has 0 N–H and O–H groups in total. The molecule has 0 saturated carbocycles. The Hall–Kier alpha value is -0.130. The standard InChI is InChI=1S/C13H26N2O2S/c1-4-13(2,3)15-8-6-14(7-9-15)12-5-10-18(16,17)11-12/h12H,4-11H2,1-3H3. The lowest BCUT2D eigenvalue weighted by Crippen LogP contribution is -2.56. The van der Waals surface area contributed by atoms with Gasteiger partial charge in [-0.3, -0.25) is 9.80 Å². The number of hydrogen-bond acceptors (Lipinski definition) is 4. The van der Waals surface area contributed by atoms with Crippen molar-refractivity contribution in [3.05, 3.63) is 0 Å². The molecule has 0 amide bonds. The molecule has 0 aliphatic carbocycles. The van der Waals surface area contributed by atoms with Crippen LogP contribution in [0.3, 0.4) is 0 Å². The van der Waals surface area contributed by atoms with E-state index in [2.05, 4.69) is 30.6 Å². The normalized spacial score (nSPS) is 30.7. The van der Waals surface area contributed by atoms with Crippen molar-refractivity contribution in [2.24, 2.45) is 0 Å². The molecule has 2 heterocycles. The van der Waals surface area contributed by atoms with Crippen molar-refractivity contribution in [2.75, 3.05) is 37.7 Å². The highest BCUT2D eigenvalue weighted by Crippen LogP contribution is 2.23. The van der Waals surface area contributed by atoms with Gasteiger partial charge in [-0.2, -0.15) is 0 Å². The van der Waals surface area contributed by atoms with Crippen LogP contribution < -0.4 is 0 Å². The summed E-state index contributed by atoms with van der Waals surface area (Å²) in [7, 11) is -2.75. The molecular weight excluding hydrogens is 248 g/mol. The zero-order chi connectivity index (χ0) is 13.4. The molecule has 1 atom stereocenters. The maximum Gasteiger partial charge on any atom is 0.151 e. The summed E-state index contributed by atoms with van der Waals surface area (Å²) in [6.45, 7) is 11.0. The molecule has 0 spiro atoms. The van der Waals surface area contributed by atoms with Gasteiger partial charge in [0.15, 0.2) is 9.84 Å². The Morgan fingerprint density at radius 3 is 2.22 bits per heavy atom. The van der Waals surface area contributed by atoms with Gasteiger partial charge in [-0.25, -0.2) is 8.42 Å². The summed E-state index contributed by atoms with van der Waals surface area (Å²) >= 11 is 0. The lowest BCUT2D eigenvalue weighted by Gasteiger charge is -2.45. The van der Waals surface area contributed by atoms with Gasteiger partial charge in [0.05, 0.1) is 11.5 Å². The van der Waals surface area contributed by atoms with Crippen LogP contribution >= 0.6 is 0 Å². The molecule has 4 nitrogen and oxygen atoms in total. The Kier molecular flexibility index (Phi) is 4.04. The summed E-state index contributed by atoms with van der Waals surface area (Å²) in [5, 5.41) is 0. The number of rotatable bonds is 3. The van der Waals surface area contributed by atoms with Gasteiger partial charge in [0.1, 0.15) is 0 Å². The molecule has 0 aromatic heterocycles. The SMILES string of the molecule is CCC(C)(C)N1CCN(C2CCS(=O)(=O)C2)CC1. The van der Waals surface area contributed by atoms with Crippen LogP contribution in [0.15, 0.2) is 0 Å². The minimum Gasteiger partial charge on any atom is -0.297 e. The van der Waals surface area contributed by atoms with Crippen LogP contribution in [0.2, 0.25) is 0 Å². The average Bonchev–Trinajstić information content (AvgIpc) is 2.70. The first-order valence-corrected chi connectivity index (χ1v) is 8.86. The van der Waals surface area contributed by atoms with E-state index in [1.54, 1.807) is 0 Å². The van der Waals surface area contributed by atoms with E-state index in [0.717, 1.165) is 39.0 Å². The van der Waals surface area contributed by atoms with Crippen molar-refractivity contribution in [3.63, 3.8) is 0 Å². The van der Waals surface area contributed by atoms with Crippen LogP contribution in [0.5, 0.6) is 0 Å². The minimum atomic E-state index is -2.75. The molecule has 1 unspecified atom stereocenters. The number of hydrogen-bond donors (Lipinski definition) is 0. The monoisotopic (exact) mass is 274 g/mol. The van der Waals surface area contributed by atoms with Crippen LogP contribution in [0.4, 0.5) is 0 Å². The van der Waals surface area contributed by atoms with E-state index in [9.17, 15) is 8.42 Å². The molecule has 0 aromatic rings. The molecular formula is C13H26N2O2S. The summed E-state index contributed by atoms with van der Waals surface area (Å²) in [5.74, 6) is 0.766. The molecule has 2 rings (SSSR count). The highest BCUT2D eigenvalue weighted by atomic mass is 32.2. The molecule has 106 valence electrons. The van der Waals surface area contributed by atoms with E-state index in [-0.39, 0.29) is 11.6 Å². The number of nitrogens with zero attached hydrogens (tertiary/aromatic N) is 2. The first-order valence-electron chi connectivity index (χ1n) is 7.03. The highest BCUT2D eigenvalue weighted by Gasteiger charge is 2.35. The van der Waals surface area contributed by atoms with Crippen molar-refractivity contribution in [1.29, 1.82) is 0 Å². The van der Waals surface area contributed by atoms with Gasteiger partial charge in [0.25, 0.3) is 0 Å². The van der Waals surface area contributed by atoms with Gasteiger partial charge < -0.3 is 0 Å². The van der Waals surface area contributed by atoms with Crippen molar-refractivity contribution in [2.45, 2.75) is 45.2 Å². The number of sulfone groups is 1. The summed E-state index contributed by atoms with van der Waals surface area (Å²) in [6.07, 6.45) is 1.99. The molecule has 5 heteroatoms. The first-order chi connectivity index (χ1) is 8.34. The van der Waals surface area contributed by atoms with Crippen LogP contribution in [-0.2, 0) is 9.84 Å². The van der Waals surface area contributed by atoms with Crippen molar-refractivity contribution in [1.82, 2.24) is 9.80 Å². The van der Waals surface area contributed by atoms with Gasteiger partial charge >= 0.3 is 0 Å². The van der Waals surface area contributed by atoms with E-state index in [1.807, 2.05) is 0 Å². The maximum atomic E-state index is 11.5. The first kappa shape index (κ1) is 14.3. The van der Waals surface area contributed by atoms with E-state index in [0.29, 0.717) is 11.5 Å². The third-order valence-corrected chi connectivity index (χ3v) is 6.51. The van der Waals surface area contributed by atoms with Crippen LogP contribution in [0.25, 0.3) is 0 Å². The van der Waals surface area contributed by atoms with Gasteiger partial charge in [0.2, 0.25) is 0 Å². The molecule has 0 radical (unpaired) electrons. The largest absolute Gasteiger partial charge is 0.297 e. The molecule has 18 heavy (non-hydrogen) atoms. The Labute approximate surface area is 111 Å². The fourth-order valence-corrected chi connectivity index (χ4v) is 4.74. The van der Waals surface area contributed by atoms with Gasteiger partial charge in [-0.05, 0) is 26.7 Å². The van der Waals surface area contributed by atoms with Gasteiger partial charge in [-0.1, -0.05) is 6.92 Å². The molecule has 2 saturated heterocycles. The van der Waals surface area contributed by atoms with Crippen molar-refractivity contribution >= 4 is 9.84 Å². The summed E-state index contributed by atoms with van der Waals surface area (Å²) in [5.41, 5.74) is 0.272. The van der Waals surface area contributed by atoms with Crippen molar-refractivity contribution < 1.29 is 8.42 Å². The number of piperazine rings is 1. The molecule has 2 aliphatic rings. The Balaban J connectivity index is 1.88. The van der Waals surface area contributed by atoms with E-state index in [4.69, 9.17) is 0 Å². The summed E-state index contributed by atoms with van der Waals surface area (Å²) in [6, 6.07) is 0.280. The van der Waals surface area contributed by atoms with E-state index >= 15 is 0 Å². The van der Waals surface area contributed by atoms with Crippen LogP contribution in [-0.4, -0.2) is 67.5 Å². The quantitative estimate of drug-likeness (QED) is 0.769. The van der Waals surface area contributed by atoms with Crippen LogP contribution in [0, 0.1) is 0 Å². The predicted octanol–water partition coefficient (Wildman–Crippen LogP) is 0.980. The van der Waals surface area contributed by atoms with E-state index < -0.39 is 9.84 Å². The molecule has 0 aromatic carbocycles. The van der Waals surface area contributed by atoms with E-state index in [1.165, 1.54) is 0 Å². The second kappa shape index (κ2) is 5.10. The van der Waals surface area contributed by atoms with Gasteiger partial charge in [-0.15, -0.1) is 0 Å². The second-order valence-electron chi connectivity index (χ2n) is 6.25. The second-order valence-corrected chi connectivity index (χ2v) is 8.47.